The summed E-state index contributed by atoms with van der Waals surface area (Å²) in [6, 6.07) is 9.08. The maximum atomic E-state index is 13.0. The van der Waals surface area contributed by atoms with Gasteiger partial charge in [-0.2, -0.15) is 10.5 Å². The number of halogens is 1. The van der Waals surface area contributed by atoms with Gasteiger partial charge in [0.25, 0.3) is 0 Å². The maximum absolute atomic E-state index is 13.0. The van der Waals surface area contributed by atoms with Crippen molar-refractivity contribution < 1.29 is 14.0 Å². The van der Waals surface area contributed by atoms with Gasteiger partial charge in [0, 0.05) is 25.3 Å². The summed E-state index contributed by atoms with van der Waals surface area (Å²) in [7, 11) is 0. The molecule has 0 saturated carbocycles. The third-order valence-corrected chi connectivity index (χ3v) is 3.75. The van der Waals surface area contributed by atoms with E-state index in [1.165, 1.54) is 29.2 Å². The van der Waals surface area contributed by atoms with Crippen molar-refractivity contribution in [2.24, 2.45) is 5.92 Å². The largest absolute Gasteiger partial charge is 0.283 e. The fraction of sp³-hybridized carbons (Fsp3) is 0.375. The molecule has 5 nitrogen and oxygen atoms in total. The van der Waals surface area contributed by atoms with E-state index in [0.29, 0.717) is 24.9 Å². The van der Waals surface area contributed by atoms with Gasteiger partial charge in [0.1, 0.15) is 11.7 Å². The molecule has 0 aromatic heterocycles. The molecule has 112 valence electrons. The van der Waals surface area contributed by atoms with Crippen molar-refractivity contribution in [1.82, 2.24) is 4.90 Å². The van der Waals surface area contributed by atoms with Crippen molar-refractivity contribution in [1.29, 1.82) is 10.5 Å². The first-order chi connectivity index (χ1) is 10.6. The van der Waals surface area contributed by atoms with E-state index in [1.54, 1.807) is 0 Å². The van der Waals surface area contributed by atoms with Crippen LogP contribution in [0.4, 0.5) is 4.39 Å². The van der Waals surface area contributed by atoms with E-state index in [1.807, 2.05) is 12.1 Å². The number of imide groups is 1. The van der Waals surface area contributed by atoms with Crippen molar-refractivity contribution in [3.63, 3.8) is 0 Å². The molecule has 0 bridgehead atoms. The van der Waals surface area contributed by atoms with Crippen LogP contribution in [0.3, 0.4) is 0 Å². The maximum Gasteiger partial charge on any atom is 0.229 e. The van der Waals surface area contributed by atoms with Gasteiger partial charge in [-0.1, -0.05) is 12.1 Å². The van der Waals surface area contributed by atoms with Crippen LogP contribution in [0, 0.1) is 34.4 Å². The summed E-state index contributed by atoms with van der Waals surface area (Å²) in [6.07, 6.45) is 0.849. The van der Waals surface area contributed by atoms with Gasteiger partial charge in [-0.05, 0) is 24.1 Å². The lowest BCUT2D eigenvalue weighted by atomic mass is 9.84. The Labute approximate surface area is 127 Å². The average molecular weight is 299 g/mol. The summed E-state index contributed by atoms with van der Waals surface area (Å²) in [5.74, 6) is -2.78. The number of nitrogens with zero attached hydrogens (tertiary/aromatic N) is 3. The van der Waals surface area contributed by atoms with Gasteiger partial charge in [-0.15, -0.1) is 0 Å². The number of nitriles is 2. The van der Waals surface area contributed by atoms with Crippen LogP contribution >= 0.6 is 0 Å². The van der Waals surface area contributed by atoms with Crippen molar-refractivity contribution in [3.05, 3.63) is 35.6 Å². The van der Waals surface area contributed by atoms with Crippen LogP contribution in [0.15, 0.2) is 24.3 Å². The molecule has 1 fully saturated rings. The Morgan fingerprint density at radius 1 is 1.27 bits per heavy atom. The van der Waals surface area contributed by atoms with Crippen LogP contribution in [0.5, 0.6) is 0 Å². The highest BCUT2D eigenvalue weighted by atomic mass is 19.1. The Kier molecular flexibility index (Phi) is 4.85. The van der Waals surface area contributed by atoms with E-state index in [0.717, 1.165) is 0 Å². The first-order valence-electron chi connectivity index (χ1n) is 6.94. The normalized spacial score (nSPS) is 15.5. The number of hydrogen-bond donors (Lipinski definition) is 0. The van der Waals surface area contributed by atoms with Crippen LogP contribution in [0.1, 0.15) is 30.7 Å². The number of likely N-dealkylation sites (tertiary alicyclic amines) is 1. The second kappa shape index (κ2) is 6.82. The zero-order valence-electron chi connectivity index (χ0n) is 11.8. The summed E-state index contributed by atoms with van der Waals surface area (Å²) in [4.78, 5) is 25.0. The summed E-state index contributed by atoms with van der Waals surface area (Å²) in [6.45, 7) is 0.373. The zero-order valence-corrected chi connectivity index (χ0v) is 11.8. The lowest BCUT2D eigenvalue weighted by molar-refractivity contribution is -0.142. The quantitative estimate of drug-likeness (QED) is 0.852. The lowest BCUT2D eigenvalue weighted by Crippen LogP contribution is -2.33. The summed E-state index contributed by atoms with van der Waals surface area (Å²) >= 11 is 0. The number of hydrogen-bond acceptors (Lipinski definition) is 4. The number of rotatable bonds is 4. The standard InChI is InChI=1S/C16H14FN3O2/c17-13-5-3-11(4-6-13)14(12(9-18)10-19)8-16(22)20-7-1-2-15(20)21/h3-6,12,14H,1-2,7-8H2/t14-/m1/s1. The highest BCUT2D eigenvalue weighted by molar-refractivity contribution is 5.96. The molecule has 1 heterocycles. The minimum absolute atomic E-state index is 0.122. The second-order valence-electron chi connectivity index (χ2n) is 5.14. The first kappa shape index (κ1) is 15.7. The van der Waals surface area contributed by atoms with Gasteiger partial charge >= 0.3 is 0 Å². The predicted octanol–water partition coefficient (Wildman–Crippen LogP) is 2.11. The van der Waals surface area contributed by atoms with Crippen LogP contribution in [0.25, 0.3) is 0 Å². The molecule has 1 aliphatic rings. The molecule has 1 aliphatic heterocycles. The van der Waals surface area contributed by atoms with E-state index in [9.17, 15) is 14.0 Å². The predicted molar refractivity (Wildman–Crippen MR) is 74.4 cm³/mol. The Balaban J connectivity index is 2.24. The van der Waals surface area contributed by atoms with E-state index in [2.05, 4.69) is 0 Å². The molecule has 6 heteroatoms. The first-order valence-corrected chi connectivity index (χ1v) is 6.94. The van der Waals surface area contributed by atoms with Crippen LogP contribution in [0.2, 0.25) is 0 Å². The van der Waals surface area contributed by atoms with Crippen molar-refractivity contribution in [2.75, 3.05) is 6.54 Å². The minimum Gasteiger partial charge on any atom is -0.283 e. The SMILES string of the molecule is N#CC(C#N)[C@H](CC(=O)N1CCCC1=O)c1ccc(F)cc1. The number of carbonyl (C=O) groups excluding carboxylic acids is 2. The average Bonchev–Trinajstić information content (AvgIpc) is 2.94. The highest BCUT2D eigenvalue weighted by Gasteiger charge is 2.32. The zero-order chi connectivity index (χ0) is 16.1. The number of benzene rings is 1. The second-order valence-corrected chi connectivity index (χ2v) is 5.14. The molecular weight excluding hydrogens is 285 g/mol. The van der Waals surface area contributed by atoms with E-state index < -0.39 is 23.6 Å². The molecule has 0 aliphatic carbocycles. The molecule has 0 radical (unpaired) electrons. The molecule has 1 saturated heterocycles. The highest BCUT2D eigenvalue weighted by Crippen LogP contribution is 2.29. The summed E-state index contributed by atoms with van der Waals surface area (Å²) < 4.78 is 13.0. The fourth-order valence-corrected chi connectivity index (χ4v) is 2.56. The smallest absolute Gasteiger partial charge is 0.229 e. The topological polar surface area (TPSA) is 85.0 Å². The van der Waals surface area contributed by atoms with E-state index >= 15 is 0 Å². The summed E-state index contributed by atoms with van der Waals surface area (Å²) in [5.41, 5.74) is 0.537. The number of amides is 2. The molecule has 1 aromatic carbocycles. The van der Waals surface area contributed by atoms with Gasteiger partial charge in [0.05, 0.1) is 12.1 Å². The summed E-state index contributed by atoms with van der Waals surface area (Å²) in [5, 5.41) is 18.2. The van der Waals surface area contributed by atoms with E-state index in [4.69, 9.17) is 10.5 Å². The molecular formula is C16H14FN3O2. The van der Waals surface area contributed by atoms with Gasteiger partial charge in [0.2, 0.25) is 11.8 Å². The Bertz CT molecular complexity index is 643. The monoisotopic (exact) mass is 299 g/mol. The van der Waals surface area contributed by atoms with E-state index in [-0.39, 0.29) is 12.3 Å². The molecule has 2 rings (SSSR count). The van der Waals surface area contributed by atoms with Crippen LogP contribution in [-0.2, 0) is 9.59 Å². The Morgan fingerprint density at radius 2 is 1.91 bits per heavy atom. The number of carbonyl (C=O) groups is 2. The molecule has 0 unspecified atom stereocenters. The van der Waals surface area contributed by atoms with Crippen LogP contribution in [-0.4, -0.2) is 23.3 Å². The lowest BCUT2D eigenvalue weighted by Gasteiger charge is -2.21. The molecule has 22 heavy (non-hydrogen) atoms. The Hall–Kier alpha value is -2.73. The van der Waals surface area contributed by atoms with Crippen molar-refractivity contribution in [2.45, 2.75) is 25.2 Å². The molecule has 0 N–H and O–H groups in total. The fourth-order valence-electron chi connectivity index (χ4n) is 2.56. The minimum atomic E-state index is -1.04. The van der Waals surface area contributed by atoms with Gasteiger partial charge in [-0.3, -0.25) is 14.5 Å². The Morgan fingerprint density at radius 3 is 2.41 bits per heavy atom. The van der Waals surface area contributed by atoms with Gasteiger partial charge in [-0.25, -0.2) is 4.39 Å². The molecule has 2 amide bonds. The van der Waals surface area contributed by atoms with Crippen molar-refractivity contribution in [3.8, 4) is 12.1 Å². The van der Waals surface area contributed by atoms with Gasteiger partial charge in [0.15, 0.2) is 0 Å². The molecule has 0 spiro atoms. The van der Waals surface area contributed by atoms with Gasteiger partial charge < -0.3 is 0 Å². The molecule has 1 aromatic rings. The molecule has 1 atom stereocenters. The third-order valence-electron chi connectivity index (χ3n) is 3.75. The van der Waals surface area contributed by atoms with Crippen LogP contribution < -0.4 is 0 Å². The van der Waals surface area contributed by atoms with Crippen molar-refractivity contribution >= 4 is 11.8 Å². The third kappa shape index (κ3) is 3.29.